The third-order valence-electron chi connectivity index (χ3n) is 8.04. The number of methoxy groups -OCH3 is 2. The number of benzene rings is 2. The summed E-state index contributed by atoms with van der Waals surface area (Å²) in [4.78, 5) is 43.4. The summed E-state index contributed by atoms with van der Waals surface area (Å²) >= 11 is 0. The van der Waals surface area contributed by atoms with Crippen molar-refractivity contribution in [2.24, 2.45) is 17.8 Å². The minimum atomic E-state index is -0.654. The number of ether oxygens (including phenoxy) is 2. The Morgan fingerprint density at radius 2 is 1.86 bits per heavy atom. The van der Waals surface area contributed by atoms with Crippen molar-refractivity contribution in [2.45, 2.75) is 25.4 Å². The third-order valence-corrected chi connectivity index (χ3v) is 8.04. The van der Waals surface area contributed by atoms with Gasteiger partial charge in [-0.2, -0.15) is 0 Å². The lowest BCUT2D eigenvalue weighted by molar-refractivity contribution is -0.121. The third kappa shape index (κ3) is 3.38. The van der Waals surface area contributed by atoms with Crippen LogP contribution in [0.25, 0.3) is 0 Å². The average Bonchev–Trinajstić information content (AvgIpc) is 3.60. The Morgan fingerprint density at radius 1 is 1.03 bits per heavy atom. The van der Waals surface area contributed by atoms with Crippen LogP contribution in [0.4, 0.5) is 5.69 Å². The van der Waals surface area contributed by atoms with Gasteiger partial charge in [0.15, 0.2) is 11.5 Å². The van der Waals surface area contributed by atoms with Gasteiger partial charge >= 0.3 is 0 Å². The first-order valence-electron chi connectivity index (χ1n) is 12.4. The second-order valence-corrected chi connectivity index (χ2v) is 9.92. The van der Waals surface area contributed by atoms with Crippen molar-refractivity contribution >= 4 is 23.4 Å². The van der Waals surface area contributed by atoms with Gasteiger partial charge in [-0.15, -0.1) is 0 Å². The molecule has 2 aliphatic heterocycles. The maximum atomic E-state index is 13.7. The summed E-state index contributed by atoms with van der Waals surface area (Å²) in [5, 5.41) is 3.08. The number of hydrogen-bond donors (Lipinski definition) is 1. The molecular weight excluding hydrogens is 458 g/mol. The maximum Gasteiger partial charge on any atom is 0.264 e. The van der Waals surface area contributed by atoms with E-state index in [0.29, 0.717) is 58.2 Å². The molecule has 2 aromatic rings. The second-order valence-electron chi connectivity index (χ2n) is 9.92. The molecule has 4 aliphatic rings. The first kappa shape index (κ1) is 22.6. The Kier molecular flexibility index (Phi) is 5.47. The molecule has 2 bridgehead atoms. The molecule has 0 radical (unpaired) electrons. The summed E-state index contributed by atoms with van der Waals surface area (Å²) in [6.45, 7) is 0.854. The van der Waals surface area contributed by atoms with Crippen LogP contribution in [0, 0.1) is 17.8 Å². The van der Waals surface area contributed by atoms with Crippen LogP contribution in [0.3, 0.4) is 0 Å². The van der Waals surface area contributed by atoms with Crippen LogP contribution in [0.15, 0.2) is 48.6 Å². The molecule has 4 unspecified atom stereocenters. The molecule has 1 N–H and O–H groups in total. The minimum Gasteiger partial charge on any atom is -0.493 e. The van der Waals surface area contributed by atoms with E-state index in [9.17, 15) is 14.4 Å². The van der Waals surface area contributed by atoms with Crippen LogP contribution >= 0.6 is 0 Å². The molecule has 0 aromatic heterocycles. The topological polar surface area (TPSA) is 88.2 Å². The van der Waals surface area contributed by atoms with E-state index >= 15 is 0 Å². The molecule has 186 valence electrons. The number of amides is 3. The fraction of sp³-hybridized carbons (Fsp3) is 0.393. The predicted molar refractivity (Wildman–Crippen MR) is 133 cm³/mol. The highest BCUT2D eigenvalue weighted by Gasteiger charge is 2.49. The number of allylic oxidation sites excluding steroid dienone is 2. The maximum absolute atomic E-state index is 13.7. The van der Waals surface area contributed by atoms with Gasteiger partial charge in [0.1, 0.15) is 6.17 Å². The van der Waals surface area contributed by atoms with Crippen LogP contribution in [-0.4, -0.2) is 49.9 Å². The summed E-state index contributed by atoms with van der Waals surface area (Å²) < 4.78 is 11.0. The molecule has 2 aromatic carbocycles. The van der Waals surface area contributed by atoms with Gasteiger partial charge in [0.05, 0.1) is 31.0 Å². The fourth-order valence-corrected chi connectivity index (χ4v) is 6.34. The van der Waals surface area contributed by atoms with E-state index in [2.05, 4.69) is 17.5 Å². The Bertz CT molecular complexity index is 1290. The SMILES string of the molecule is COc1ccc2c(c1OC)C(=O)N1c3ccccc3C(=O)N(CCC(=O)NCC3CC4C=CC3C4)C21. The van der Waals surface area contributed by atoms with Gasteiger partial charge in [0.25, 0.3) is 11.8 Å². The Hall–Kier alpha value is -3.81. The smallest absolute Gasteiger partial charge is 0.264 e. The molecule has 2 aliphatic carbocycles. The fourth-order valence-electron chi connectivity index (χ4n) is 6.34. The van der Waals surface area contributed by atoms with E-state index in [1.165, 1.54) is 20.6 Å². The standard InChI is InChI=1S/C28H29N3O5/c1-35-22-10-9-20-24(25(22)36-2)28(34)31-21-6-4-3-5-19(21)27(33)30(26(20)31)12-11-23(32)29-15-18-14-16-7-8-17(18)13-16/h3-10,16-18,26H,11-15H2,1-2H3,(H,29,32). The minimum absolute atomic E-state index is 0.0863. The van der Waals surface area contributed by atoms with Crippen LogP contribution in [0.1, 0.15) is 51.7 Å². The molecule has 0 saturated heterocycles. The Labute approximate surface area is 209 Å². The van der Waals surface area contributed by atoms with E-state index in [-0.39, 0.29) is 30.7 Å². The molecule has 4 atom stereocenters. The number of fused-ring (bicyclic) bond motifs is 7. The van der Waals surface area contributed by atoms with Crippen molar-refractivity contribution in [3.63, 3.8) is 0 Å². The number of para-hydroxylation sites is 1. The largest absolute Gasteiger partial charge is 0.493 e. The van der Waals surface area contributed by atoms with Crippen molar-refractivity contribution in [1.82, 2.24) is 10.2 Å². The van der Waals surface area contributed by atoms with E-state index < -0.39 is 6.17 Å². The summed E-state index contributed by atoms with van der Waals surface area (Å²) in [5.74, 6) is 1.96. The monoisotopic (exact) mass is 487 g/mol. The number of nitrogens with one attached hydrogen (secondary N) is 1. The molecular formula is C28H29N3O5. The quantitative estimate of drug-likeness (QED) is 0.604. The molecule has 6 rings (SSSR count). The van der Waals surface area contributed by atoms with Gasteiger partial charge in [-0.1, -0.05) is 30.4 Å². The van der Waals surface area contributed by atoms with E-state index in [4.69, 9.17) is 9.47 Å². The zero-order valence-electron chi connectivity index (χ0n) is 20.4. The van der Waals surface area contributed by atoms with Gasteiger partial charge in [0, 0.05) is 25.1 Å². The van der Waals surface area contributed by atoms with Crippen molar-refractivity contribution in [1.29, 1.82) is 0 Å². The van der Waals surface area contributed by atoms with E-state index in [1.807, 2.05) is 6.07 Å². The van der Waals surface area contributed by atoms with E-state index in [0.717, 1.165) is 6.42 Å². The van der Waals surface area contributed by atoms with Gasteiger partial charge in [0.2, 0.25) is 5.91 Å². The number of nitrogens with zero attached hydrogens (tertiary/aromatic N) is 2. The number of hydrogen-bond acceptors (Lipinski definition) is 5. The molecule has 1 fully saturated rings. The summed E-state index contributed by atoms with van der Waals surface area (Å²) in [5.41, 5.74) is 2.04. The Morgan fingerprint density at radius 3 is 2.58 bits per heavy atom. The first-order valence-corrected chi connectivity index (χ1v) is 12.4. The average molecular weight is 488 g/mol. The number of carbonyl (C=O) groups excluding carboxylic acids is 3. The molecule has 8 nitrogen and oxygen atoms in total. The highest BCUT2D eigenvalue weighted by molar-refractivity contribution is 6.18. The zero-order valence-corrected chi connectivity index (χ0v) is 20.4. The van der Waals surface area contributed by atoms with Gasteiger partial charge in [-0.3, -0.25) is 19.3 Å². The van der Waals surface area contributed by atoms with Crippen LogP contribution in [-0.2, 0) is 4.79 Å². The van der Waals surface area contributed by atoms with Crippen molar-refractivity contribution < 1.29 is 23.9 Å². The van der Waals surface area contributed by atoms with Crippen LogP contribution in [0.2, 0.25) is 0 Å². The lowest BCUT2D eigenvalue weighted by atomic mass is 9.93. The summed E-state index contributed by atoms with van der Waals surface area (Å²) in [7, 11) is 3.02. The highest BCUT2D eigenvalue weighted by atomic mass is 16.5. The van der Waals surface area contributed by atoms with E-state index in [1.54, 1.807) is 40.1 Å². The summed E-state index contributed by atoms with van der Waals surface area (Å²) in [6.07, 6.45) is 6.40. The molecule has 1 saturated carbocycles. The second kappa shape index (κ2) is 8.69. The number of carbonyl (C=O) groups is 3. The van der Waals surface area contributed by atoms with Gasteiger partial charge in [-0.25, -0.2) is 0 Å². The van der Waals surface area contributed by atoms with Crippen molar-refractivity contribution in [3.05, 3.63) is 65.2 Å². The molecule has 2 heterocycles. The predicted octanol–water partition coefficient (Wildman–Crippen LogP) is 3.54. The van der Waals surface area contributed by atoms with Gasteiger partial charge < -0.3 is 19.7 Å². The number of anilines is 1. The normalized spacial score (nSPS) is 25.1. The van der Waals surface area contributed by atoms with Crippen LogP contribution < -0.4 is 19.7 Å². The molecule has 0 spiro atoms. The lowest BCUT2D eigenvalue weighted by Crippen LogP contribution is -2.49. The van der Waals surface area contributed by atoms with Crippen molar-refractivity contribution in [3.8, 4) is 11.5 Å². The Balaban J connectivity index is 1.27. The number of rotatable bonds is 7. The highest BCUT2D eigenvalue weighted by Crippen LogP contribution is 2.49. The van der Waals surface area contributed by atoms with Crippen molar-refractivity contribution in [2.75, 3.05) is 32.2 Å². The summed E-state index contributed by atoms with van der Waals surface area (Å²) in [6, 6.07) is 10.6. The molecule has 8 heteroatoms. The molecule has 3 amide bonds. The van der Waals surface area contributed by atoms with Gasteiger partial charge in [-0.05, 0) is 48.8 Å². The first-order chi connectivity index (χ1) is 17.5. The zero-order chi connectivity index (χ0) is 25.0. The molecule has 36 heavy (non-hydrogen) atoms. The van der Waals surface area contributed by atoms with Crippen LogP contribution in [0.5, 0.6) is 11.5 Å². The lowest BCUT2D eigenvalue weighted by Gasteiger charge is -2.40.